The van der Waals surface area contributed by atoms with Crippen molar-refractivity contribution < 1.29 is 55.6 Å². The normalized spacial score (nSPS) is 15.8. The van der Waals surface area contributed by atoms with Gasteiger partial charge in [-0.15, -0.1) is 0 Å². The average molecular weight is 1640 g/mol. The fraction of sp³-hybridized carbons (Fsp3) is 0.0625. The Morgan fingerprint density at radius 2 is 0.308 bits per heavy atom. The number of methoxy groups -OCH3 is 6. The zero-order chi connectivity index (χ0) is 83.9. The number of nitrogens with zero attached hydrogens (tertiary/aromatic N) is 9. The summed E-state index contributed by atoms with van der Waals surface area (Å²) in [5.41, 5.74) is 9.19. The summed E-state index contributed by atoms with van der Waals surface area (Å²) in [6.45, 7) is 0. The van der Waals surface area contributed by atoms with Crippen LogP contribution in [-0.4, -0.2) is 42.7 Å². The summed E-state index contributed by atoms with van der Waals surface area (Å²) in [6.07, 6.45) is 10.4. The SMILES string of the molecule is COc1ccc(/C=C(\C#N)c2ccc(OP3(Oc4ccc(/C(C#N)=C\c5ccc(OC)cc5)cc4)=NP(Oc4ccc(/C(C#N)=C/c5ccc(OC)cc5)cc4)(Oc4ccc(/C(C#N)=C\c5ccc(OC)cc5)cc4)=NP(Oc4ccc(/C(C#N)=C/c5ccc(OC)cc5)cc4)(Oc4ccc(/C(C#N)=C\c5ccc(OC)cc5)cc4)=N3)cc2)cc1. The summed E-state index contributed by atoms with van der Waals surface area (Å²) in [5, 5.41) is 64.7. The van der Waals surface area contributed by atoms with Gasteiger partial charge in [-0.1, -0.05) is 86.3 Å². The van der Waals surface area contributed by atoms with Gasteiger partial charge >= 0.3 is 23.0 Å². The highest BCUT2D eigenvalue weighted by Crippen LogP contribution is 2.79. The first-order valence-electron chi connectivity index (χ1n) is 36.9. The predicted molar refractivity (Wildman–Crippen MR) is 469 cm³/mol. The molecule has 0 unspecified atom stereocenters. The van der Waals surface area contributed by atoms with Gasteiger partial charge in [-0.3, -0.25) is 0 Å². The number of hydrogen-bond acceptors (Lipinski definition) is 21. The summed E-state index contributed by atoms with van der Waals surface area (Å²) in [7, 11) is -5.02. The molecule has 588 valence electrons. The standard InChI is InChI=1S/C96H72N9O12P3/c1-106-85-31-7-67(8-32-85)55-79(61-97)73-19-43-91(44-20-73)112-118(113-92-45-21-74(22-46-92)80(62-98)56-68-9-33-86(107-2)34-10-68)103-119(114-93-47-23-75(24-48-93)81(63-99)57-69-11-35-87(108-3)36-12-69,115-94-49-25-76(26-50-94)82(64-100)58-70-13-37-88(109-4)38-14-70)105-120(104-118,116-95-51-27-77(28-52-95)83(65-101)59-71-15-39-89(110-5)40-16-71)117-96-53-29-78(30-54-96)84(66-102)60-72-17-41-90(111-6)42-18-72/h7-60H,1-6H3/b79-55-,80-56+,81-57-,82-58+,83-59-,84-60+. The van der Waals surface area contributed by atoms with Gasteiger partial charge < -0.3 is 55.6 Å². The summed E-state index contributed by atoms with van der Waals surface area (Å²) < 4.78 is 93.5. The Hall–Kier alpha value is -15.7. The van der Waals surface area contributed by atoms with Crippen LogP contribution in [0.1, 0.15) is 66.8 Å². The first-order chi connectivity index (χ1) is 58.6. The second-order valence-electron chi connectivity index (χ2n) is 26.1. The molecule has 0 aromatic heterocycles. The minimum atomic E-state index is -4.81. The lowest BCUT2D eigenvalue weighted by Gasteiger charge is -2.33. The van der Waals surface area contributed by atoms with Crippen LogP contribution in [0.15, 0.2) is 305 Å². The van der Waals surface area contributed by atoms with E-state index >= 15 is 0 Å². The first kappa shape index (κ1) is 82.3. The van der Waals surface area contributed by atoms with Crippen molar-refractivity contribution in [3.63, 3.8) is 0 Å². The van der Waals surface area contributed by atoms with Crippen LogP contribution >= 0.6 is 23.0 Å². The quantitative estimate of drug-likeness (QED) is 0.0229. The molecule has 0 bridgehead atoms. The van der Waals surface area contributed by atoms with Crippen LogP contribution in [0.2, 0.25) is 0 Å². The van der Waals surface area contributed by atoms with Crippen LogP contribution in [0.3, 0.4) is 0 Å². The van der Waals surface area contributed by atoms with Gasteiger partial charge in [0, 0.05) is 0 Å². The van der Waals surface area contributed by atoms with Crippen molar-refractivity contribution in [2.75, 3.05) is 42.7 Å². The number of benzene rings is 12. The summed E-state index contributed by atoms with van der Waals surface area (Å²) in [5.74, 6) is 4.36. The molecule has 0 fully saturated rings. The van der Waals surface area contributed by atoms with E-state index in [2.05, 4.69) is 36.4 Å². The Labute approximate surface area is 695 Å². The molecule has 0 radical (unpaired) electrons. The molecular formula is C96H72N9O12P3. The lowest BCUT2D eigenvalue weighted by molar-refractivity contribution is 0.414. The van der Waals surface area contributed by atoms with E-state index in [-0.39, 0.29) is 34.5 Å². The Balaban J connectivity index is 1.07. The maximum atomic E-state index is 10.8. The first-order valence-corrected chi connectivity index (χ1v) is 41.4. The third-order valence-corrected chi connectivity index (χ3v) is 26.4. The van der Waals surface area contributed by atoms with Crippen LogP contribution in [0.5, 0.6) is 69.0 Å². The molecule has 21 nitrogen and oxygen atoms in total. The fourth-order valence-corrected chi connectivity index (χ4v) is 21.1. The molecule has 0 N–H and O–H groups in total. The molecule has 0 saturated carbocycles. The maximum Gasteiger partial charge on any atom is 0.460 e. The monoisotopic (exact) mass is 1640 g/mol. The Morgan fingerprint density at radius 1 is 0.192 bits per heavy atom. The minimum Gasteiger partial charge on any atom is -0.497 e. The van der Waals surface area contributed by atoms with Gasteiger partial charge in [0.25, 0.3) is 0 Å². The molecule has 0 aliphatic carbocycles. The molecule has 0 atom stereocenters. The Morgan fingerprint density at radius 3 is 0.417 bits per heavy atom. The fourth-order valence-electron chi connectivity index (χ4n) is 12.0. The lowest BCUT2D eigenvalue weighted by atomic mass is 10.0. The van der Waals surface area contributed by atoms with Crippen molar-refractivity contribution >= 4 is 92.9 Å². The molecule has 1 aliphatic heterocycles. The maximum absolute atomic E-state index is 10.8. The van der Waals surface area contributed by atoms with Crippen LogP contribution in [-0.2, 0) is 0 Å². The van der Waals surface area contributed by atoms with Gasteiger partial charge in [0.15, 0.2) is 0 Å². The molecule has 12 aromatic rings. The highest BCUT2D eigenvalue weighted by molar-refractivity contribution is 7.79. The Kier molecular flexibility index (Phi) is 26.5. The summed E-state index contributed by atoms with van der Waals surface area (Å²) >= 11 is 0. The van der Waals surface area contributed by atoms with Crippen molar-refractivity contribution in [3.8, 4) is 105 Å². The smallest absolute Gasteiger partial charge is 0.460 e. The van der Waals surface area contributed by atoms with E-state index < -0.39 is 23.0 Å². The van der Waals surface area contributed by atoms with Crippen LogP contribution in [0.25, 0.3) is 69.9 Å². The number of ether oxygens (including phenoxy) is 6. The van der Waals surface area contributed by atoms with Crippen molar-refractivity contribution in [1.82, 2.24) is 0 Å². The number of allylic oxidation sites excluding steroid dienone is 6. The van der Waals surface area contributed by atoms with Crippen LogP contribution in [0, 0.1) is 68.0 Å². The van der Waals surface area contributed by atoms with Gasteiger partial charge in [-0.25, -0.2) is 0 Å². The summed E-state index contributed by atoms with van der Waals surface area (Å²) in [6, 6.07) is 97.3. The van der Waals surface area contributed by atoms with Crippen molar-refractivity contribution in [2.24, 2.45) is 13.5 Å². The predicted octanol–water partition coefficient (Wildman–Crippen LogP) is 24.7. The molecule has 1 aliphatic rings. The van der Waals surface area contributed by atoms with E-state index in [0.717, 1.165) is 33.4 Å². The summed E-state index contributed by atoms with van der Waals surface area (Å²) in [4.78, 5) is 0. The van der Waals surface area contributed by atoms with E-state index in [0.29, 0.717) is 101 Å². The van der Waals surface area contributed by atoms with E-state index in [1.165, 1.54) is 0 Å². The van der Waals surface area contributed by atoms with Gasteiger partial charge in [-0.05, 0) is 322 Å². The van der Waals surface area contributed by atoms with E-state index in [1.807, 2.05) is 72.8 Å². The third kappa shape index (κ3) is 20.9. The van der Waals surface area contributed by atoms with Gasteiger partial charge in [0.1, 0.15) is 69.0 Å². The molecule has 24 heteroatoms. The highest BCUT2D eigenvalue weighted by Gasteiger charge is 2.49. The molecule has 13 rings (SSSR count). The number of rotatable bonds is 30. The van der Waals surface area contributed by atoms with E-state index in [1.54, 1.807) is 298 Å². The average Bonchev–Trinajstić information content (AvgIpc) is 0.727. The second kappa shape index (κ2) is 38.6. The molecule has 0 amide bonds. The van der Waals surface area contributed by atoms with Crippen molar-refractivity contribution in [1.29, 1.82) is 31.6 Å². The minimum absolute atomic E-state index is 0.0911. The van der Waals surface area contributed by atoms with E-state index in [9.17, 15) is 31.6 Å². The topological polar surface area (TPSA) is 291 Å². The largest absolute Gasteiger partial charge is 0.497 e. The molecular weight excluding hydrogens is 1560 g/mol. The lowest BCUT2D eigenvalue weighted by Crippen LogP contribution is -2.11. The molecule has 0 spiro atoms. The second-order valence-corrected chi connectivity index (χ2v) is 32.3. The van der Waals surface area contributed by atoms with Gasteiger partial charge in [0.2, 0.25) is 0 Å². The molecule has 0 saturated heterocycles. The Bertz CT molecular complexity index is 5360. The van der Waals surface area contributed by atoms with Crippen LogP contribution < -0.4 is 55.6 Å². The van der Waals surface area contributed by atoms with E-state index in [4.69, 9.17) is 69.1 Å². The molecule has 12 aromatic carbocycles. The van der Waals surface area contributed by atoms with Crippen LogP contribution in [0.4, 0.5) is 0 Å². The van der Waals surface area contributed by atoms with Gasteiger partial charge in [0.05, 0.1) is 113 Å². The zero-order valence-electron chi connectivity index (χ0n) is 65.4. The highest BCUT2D eigenvalue weighted by atomic mass is 31.3. The van der Waals surface area contributed by atoms with Gasteiger partial charge in [-0.2, -0.15) is 31.6 Å². The zero-order valence-corrected chi connectivity index (χ0v) is 68.1. The molecule has 120 heavy (non-hydrogen) atoms. The molecule has 1 heterocycles. The van der Waals surface area contributed by atoms with Crippen molar-refractivity contribution in [3.05, 3.63) is 358 Å². The van der Waals surface area contributed by atoms with Crippen molar-refractivity contribution in [2.45, 2.75) is 0 Å². The number of nitriles is 6. The number of hydrogen-bond donors (Lipinski definition) is 0. The third-order valence-electron chi connectivity index (χ3n) is 18.3.